The van der Waals surface area contributed by atoms with Crippen molar-refractivity contribution in [2.24, 2.45) is 0 Å². The highest BCUT2D eigenvalue weighted by Gasteiger charge is 2.39. The molecule has 148 valence electrons. The normalized spacial score (nSPS) is 20.4. The van der Waals surface area contributed by atoms with Crippen LogP contribution < -0.4 is 15.0 Å². The highest BCUT2D eigenvalue weighted by molar-refractivity contribution is 9.10. The summed E-state index contributed by atoms with van der Waals surface area (Å²) in [6.45, 7) is 4.54. The van der Waals surface area contributed by atoms with Gasteiger partial charge in [-0.25, -0.2) is 4.79 Å². The van der Waals surface area contributed by atoms with Crippen LogP contribution in [0.25, 0.3) is 0 Å². The van der Waals surface area contributed by atoms with Crippen LogP contribution in [0.3, 0.4) is 0 Å². The zero-order chi connectivity index (χ0) is 19.8. The van der Waals surface area contributed by atoms with Crippen LogP contribution in [-0.2, 0) is 4.74 Å². The molecule has 0 radical (unpaired) electrons. The summed E-state index contributed by atoms with van der Waals surface area (Å²) in [7, 11) is 0. The zero-order valence-corrected chi connectivity index (χ0v) is 18.1. The fourth-order valence-electron chi connectivity index (χ4n) is 3.96. The van der Waals surface area contributed by atoms with Crippen molar-refractivity contribution in [1.82, 2.24) is 5.32 Å². The number of nitrogens with one attached hydrogen (secondary N) is 1. The number of ether oxygens (including phenoxy) is 2. The maximum atomic E-state index is 12.3. The number of hydrogen-bond donors (Lipinski definition) is 1. The van der Waals surface area contributed by atoms with Crippen LogP contribution in [0.15, 0.2) is 40.9 Å². The molecule has 0 unspecified atom stereocenters. The van der Waals surface area contributed by atoms with Crippen molar-refractivity contribution in [3.63, 3.8) is 0 Å². The Labute approximate surface area is 178 Å². The van der Waals surface area contributed by atoms with E-state index in [1.54, 1.807) is 0 Å². The molecule has 28 heavy (non-hydrogen) atoms. The molecule has 4 rings (SSSR count). The highest BCUT2D eigenvalue weighted by Crippen LogP contribution is 2.48. The summed E-state index contributed by atoms with van der Waals surface area (Å²) in [5.74, 6) is 1.54. The Morgan fingerprint density at radius 3 is 2.89 bits per heavy atom. The number of halogens is 2. The van der Waals surface area contributed by atoms with Gasteiger partial charge in [-0.05, 0) is 57.0 Å². The molecule has 2 aliphatic rings. The molecular weight excluding hydrogens is 444 g/mol. The number of anilines is 1. The second-order valence-electron chi connectivity index (χ2n) is 7.38. The highest BCUT2D eigenvalue weighted by atomic mass is 79.9. The first-order valence-corrected chi connectivity index (χ1v) is 10.6. The number of amides is 1. The second-order valence-corrected chi connectivity index (χ2v) is 8.73. The standard InChI is InChI=1S/C21H22BrClN2O3/c1-12(2)27-21(26)24-16-4-3-9-25-17-11-14(23)6-8-18(17)28-19-10-13(22)5-7-15(19)20(16)25/h5-8,10-12,16,20H,3-4,9H2,1-2H3,(H,24,26)/t16-,20-/m0/s1. The minimum Gasteiger partial charge on any atom is -0.455 e. The maximum absolute atomic E-state index is 12.3. The lowest BCUT2D eigenvalue weighted by Crippen LogP contribution is -2.50. The molecule has 2 heterocycles. The van der Waals surface area contributed by atoms with Crippen LogP contribution in [0.1, 0.15) is 38.3 Å². The molecule has 2 aromatic rings. The molecule has 0 bridgehead atoms. The molecule has 0 saturated carbocycles. The Morgan fingerprint density at radius 2 is 2.11 bits per heavy atom. The van der Waals surface area contributed by atoms with E-state index in [-0.39, 0.29) is 18.2 Å². The van der Waals surface area contributed by atoms with E-state index in [0.717, 1.165) is 46.6 Å². The number of rotatable bonds is 2. The van der Waals surface area contributed by atoms with E-state index in [1.807, 2.05) is 44.2 Å². The lowest BCUT2D eigenvalue weighted by atomic mass is 9.89. The van der Waals surface area contributed by atoms with Gasteiger partial charge in [0.1, 0.15) is 5.75 Å². The van der Waals surface area contributed by atoms with Crippen LogP contribution in [0.2, 0.25) is 5.02 Å². The van der Waals surface area contributed by atoms with Gasteiger partial charge in [0.05, 0.1) is 23.9 Å². The first-order valence-electron chi connectivity index (χ1n) is 9.43. The number of nitrogens with zero attached hydrogens (tertiary/aromatic N) is 1. The largest absolute Gasteiger partial charge is 0.455 e. The third-order valence-electron chi connectivity index (χ3n) is 5.02. The van der Waals surface area contributed by atoms with Crippen LogP contribution in [-0.4, -0.2) is 24.8 Å². The molecule has 0 spiro atoms. The predicted molar refractivity (Wildman–Crippen MR) is 114 cm³/mol. The van der Waals surface area contributed by atoms with Gasteiger partial charge < -0.3 is 19.7 Å². The molecule has 5 nitrogen and oxygen atoms in total. The summed E-state index contributed by atoms with van der Waals surface area (Å²) in [4.78, 5) is 14.6. The van der Waals surface area contributed by atoms with E-state index in [4.69, 9.17) is 21.1 Å². The molecule has 0 aliphatic carbocycles. The fraction of sp³-hybridized carbons (Fsp3) is 0.381. The summed E-state index contributed by atoms with van der Waals surface area (Å²) < 4.78 is 12.5. The molecule has 2 aliphatic heterocycles. The Bertz CT molecular complexity index is 905. The minimum absolute atomic E-state index is 0.0729. The van der Waals surface area contributed by atoms with E-state index in [2.05, 4.69) is 32.2 Å². The zero-order valence-electron chi connectivity index (χ0n) is 15.7. The average molecular weight is 466 g/mol. The lowest BCUT2D eigenvalue weighted by molar-refractivity contribution is 0.109. The van der Waals surface area contributed by atoms with Gasteiger partial charge >= 0.3 is 6.09 Å². The van der Waals surface area contributed by atoms with Crippen molar-refractivity contribution in [2.75, 3.05) is 11.4 Å². The van der Waals surface area contributed by atoms with E-state index in [9.17, 15) is 4.79 Å². The van der Waals surface area contributed by atoms with Crippen molar-refractivity contribution in [3.8, 4) is 11.5 Å². The molecule has 0 aromatic heterocycles. The number of alkyl carbamates (subject to hydrolysis) is 1. The number of hydrogen-bond acceptors (Lipinski definition) is 4. The van der Waals surface area contributed by atoms with Gasteiger partial charge in [0.15, 0.2) is 5.75 Å². The molecule has 1 saturated heterocycles. The third kappa shape index (κ3) is 3.80. The van der Waals surface area contributed by atoms with Gasteiger partial charge in [-0.3, -0.25) is 0 Å². The van der Waals surface area contributed by atoms with Crippen molar-refractivity contribution >= 4 is 39.3 Å². The summed E-state index contributed by atoms with van der Waals surface area (Å²) >= 11 is 9.83. The summed E-state index contributed by atoms with van der Waals surface area (Å²) in [5, 5.41) is 3.73. The summed E-state index contributed by atoms with van der Waals surface area (Å²) in [5.41, 5.74) is 1.97. The van der Waals surface area contributed by atoms with Gasteiger partial charge in [-0.2, -0.15) is 0 Å². The topological polar surface area (TPSA) is 50.8 Å². The molecule has 7 heteroatoms. The summed E-state index contributed by atoms with van der Waals surface area (Å²) in [6.07, 6.45) is 1.25. The Hall–Kier alpha value is -1.92. The van der Waals surface area contributed by atoms with Crippen molar-refractivity contribution in [2.45, 2.75) is 44.9 Å². The van der Waals surface area contributed by atoms with E-state index < -0.39 is 6.09 Å². The van der Waals surface area contributed by atoms with Crippen molar-refractivity contribution in [3.05, 3.63) is 51.5 Å². The quantitative estimate of drug-likeness (QED) is 0.586. The Balaban J connectivity index is 1.79. The van der Waals surface area contributed by atoms with Gasteiger partial charge in [0.25, 0.3) is 0 Å². The Kier molecular flexibility index (Phi) is 5.43. The van der Waals surface area contributed by atoms with Crippen molar-refractivity contribution in [1.29, 1.82) is 0 Å². The minimum atomic E-state index is -0.392. The predicted octanol–water partition coefficient (Wildman–Crippen LogP) is 6.05. The van der Waals surface area contributed by atoms with Crippen LogP contribution >= 0.6 is 27.5 Å². The van der Waals surface area contributed by atoms with Crippen molar-refractivity contribution < 1.29 is 14.3 Å². The van der Waals surface area contributed by atoms with Gasteiger partial charge in [0, 0.05) is 21.6 Å². The lowest BCUT2D eigenvalue weighted by Gasteiger charge is -2.42. The number of benzene rings is 2. The molecule has 2 atom stereocenters. The van der Waals surface area contributed by atoms with Crippen LogP contribution in [0.4, 0.5) is 10.5 Å². The van der Waals surface area contributed by atoms with Gasteiger partial charge in [-0.1, -0.05) is 33.6 Å². The Morgan fingerprint density at radius 1 is 1.29 bits per heavy atom. The molecule has 2 aromatic carbocycles. The number of carbonyl (C=O) groups is 1. The number of piperidine rings is 1. The summed E-state index contributed by atoms with van der Waals surface area (Å²) in [6, 6.07) is 11.5. The second kappa shape index (κ2) is 7.84. The van der Waals surface area contributed by atoms with Gasteiger partial charge in [0.2, 0.25) is 0 Å². The SMILES string of the molecule is CC(C)OC(=O)N[C@H]1CCCN2c3cc(Cl)ccc3Oc3cc(Br)ccc3[C@@H]12. The maximum Gasteiger partial charge on any atom is 0.407 e. The van der Waals surface area contributed by atoms with Gasteiger partial charge in [-0.15, -0.1) is 0 Å². The molecule has 1 fully saturated rings. The number of carbonyl (C=O) groups excluding carboxylic acids is 1. The third-order valence-corrected chi connectivity index (χ3v) is 5.75. The molecule has 1 N–H and O–H groups in total. The fourth-order valence-corrected chi connectivity index (χ4v) is 4.47. The van der Waals surface area contributed by atoms with Crippen LogP contribution in [0.5, 0.6) is 11.5 Å². The number of fused-ring (bicyclic) bond motifs is 5. The average Bonchev–Trinajstić information content (AvgIpc) is 2.76. The van der Waals surface area contributed by atoms with E-state index >= 15 is 0 Å². The molecule has 1 amide bonds. The first-order chi connectivity index (χ1) is 13.4. The monoisotopic (exact) mass is 464 g/mol. The van der Waals surface area contributed by atoms with E-state index in [0.29, 0.717) is 5.02 Å². The molecular formula is C21H22BrClN2O3. The first kappa shape index (κ1) is 19.4. The van der Waals surface area contributed by atoms with Crippen LogP contribution in [0, 0.1) is 0 Å². The smallest absolute Gasteiger partial charge is 0.407 e. The van der Waals surface area contributed by atoms with E-state index in [1.165, 1.54) is 0 Å².